The van der Waals surface area contributed by atoms with Crippen LogP contribution in [0, 0.1) is 5.92 Å². The van der Waals surface area contributed by atoms with Gasteiger partial charge in [0.1, 0.15) is 0 Å². The first-order valence-corrected chi connectivity index (χ1v) is 9.30. The third-order valence-electron chi connectivity index (χ3n) is 5.31. The van der Waals surface area contributed by atoms with Gasteiger partial charge >= 0.3 is 6.03 Å². The molecule has 2 aliphatic rings. The zero-order chi connectivity index (χ0) is 16.9. The molecule has 0 radical (unpaired) electrons. The number of rotatable bonds is 5. The fourth-order valence-corrected chi connectivity index (χ4v) is 3.82. The van der Waals surface area contributed by atoms with Gasteiger partial charge in [-0.3, -0.25) is 0 Å². The van der Waals surface area contributed by atoms with Crippen molar-refractivity contribution in [1.82, 2.24) is 15.1 Å². The second-order valence-electron chi connectivity index (χ2n) is 6.96. The standard InChI is InChI=1S/C19H30N4O/c1-3-22(4-2)13-15-6-5-9-23(14-15)19(24)21-18-8-7-16-11-20-12-17(16)10-18/h7-8,10,15,20H,3-6,9,11-14H2,1-2H3,(H,21,24)/t15-/m1/s1. The van der Waals surface area contributed by atoms with Crippen molar-refractivity contribution >= 4 is 11.7 Å². The largest absolute Gasteiger partial charge is 0.324 e. The SMILES string of the molecule is CCN(CC)C[C@H]1CCCN(C(=O)Nc2ccc3c(c2)CNC3)C1. The molecule has 2 heterocycles. The minimum absolute atomic E-state index is 0.0464. The van der Waals surface area contributed by atoms with Gasteiger partial charge in [0.2, 0.25) is 0 Å². The molecule has 1 aromatic rings. The van der Waals surface area contributed by atoms with E-state index in [-0.39, 0.29) is 6.03 Å². The number of benzene rings is 1. The number of hydrogen-bond donors (Lipinski definition) is 2. The van der Waals surface area contributed by atoms with E-state index in [0.717, 1.165) is 57.9 Å². The van der Waals surface area contributed by atoms with Crippen molar-refractivity contribution in [2.75, 3.05) is 38.0 Å². The van der Waals surface area contributed by atoms with Crippen LogP contribution in [0.25, 0.3) is 0 Å². The third-order valence-corrected chi connectivity index (χ3v) is 5.31. The van der Waals surface area contributed by atoms with Crippen molar-refractivity contribution in [3.8, 4) is 0 Å². The number of nitrogens with zero attached hydrogens (tertiary/aromatic N) is 2. The molecule has 1 fully saturated rings. The van der Waals surface area contributed by atoms with Crippen molar-refractivity contribution in [1.29, 1.82) is 0 Å². The molecule has 2 N–H and O–H groups in total. The first-order valence-electron chi connectivity index (χ1n) is 9.30. The second kappa shape index (κ2) is 7.99. The van der Waals surface area contributed by atoms with E-state index in [1.165, 1.54) is 17.5 Å². The quantitative estimate of drug-likeness (QED) is 0.873. The zero-order valence-electron chi connectivity index (χ0n) is 15.0. The van der Waals surface area contributed by atoms with Crippen LogP contribution >= 0.6 is 0 Å². The molecule has 3 rings (SSSR count). The maximum atomic E-state index is 12.6. The van der Waals surface area contributed by atoms with Gasteiger partial charge in [0.25, 0.3) is 0 Å². The molecule has 2 aliphatic heterocycles. The van der Waals surface area contributed by atoms with E-state index >= 15 is 0 Å². The summed E-state index contributed by atoms with van der Waals surface area (Å²) >= 11 is 0. The molecule has 0 bridgehead atoms. The average molecular weight is 330 g/mol. The molecular weight excluding hydrogens is 300 g/mol. The molecule has 5 heteroatoms. The Kier molecular flexibility index (Phi) is 5.74. The predicted molar refractivity (Wildman–Crippen MR) is 98.1 cm³/mol. The molecule has 0 unspecified atom stereocenters. The molecule has 5 nitrogen and oxygen atoms in total. The van der Waals surface area contributed by atoms with Gasteiger partial charge in [0.05, 0.1) is 0 Å². The Bertz CT molecular complexity index is 570. The minimum Gasteiger partial charge on any atom is -0.324 e. The van der Waals surface area contributed by atoms with Gasteiger partial charge in [0, 0.05) is 38.4 Å². The van der Waals surface area contributed by atoms with Crippen molar-refractivity contribution in [3.63, 3.8) is 0 Å². The van der Waals surface area contributed by atoms with Gasteiger partial charge < -0.3 is 20.4 Å². The summed E-state index contributed by atoms with van der Waals surface area (Å²) in [6.07, 6.45) is 2.33. The molecule has 0 saturated carbocycles. The molecule has 132 valence electrons. The molecule has 1 saturated heterocycles. The Labute approximate surface area is 145 Å². The predicted octanol–water partition coefficient (Wildman–Crippen LogP) is 2.88. The van der Waals surface area contributed by atoms with Crippen molar-refractivity contribution in [3.05, 3.63) is 29.3 Å². The van der Waals surface area contributed by atoms with Crippen LogP contribution < -0.4 is 10.6 Å². The second-order valence-corrected chi connectivity index (χ2v) is 6.96. The molecule has 1 atom stereocenters. The molecule has 24 heavy (non-hydrogen) atoms. The lowest BCUT2D eigenvalue weighted by molar-refractivity contribution is 0.151. The number of hydrogen-bond acceptors (Lipinski definition) is 3. The lowest BCUT2D eigenvalue weighted by Crippen LogP contribution is -2.45. The first kappa shape index (κ1) is 17.2. The van der Waals surface area contributed by atoms with Gasteiger partial charge in [-0.2, -0.15) is 0 Å². The Balaban J connectivity index is 1.56. The number of carbonyl (C=O) groups excluding carboxylic acids is 1. The van der Waals surface area contributed by atoms with Crippen molar-refractivity contribution in [2.24, 2.45) is 5.92 Å². The van der Waals surface area contributed by atoms with Crippen molar-refractivity contribution in [2.45, 2.75) is 39.8 Å². The van der Waals surface area contributed by atoms with Gasteiger partial charge in [-0.1, -0.05) is 19.9 Å². The molecule has 2 amide bonds. The van der Waals surface area contributed by atoms with Crippen LogP contribution in [0.3, 0.4) is 0 Å². The summed E-state index contributed by atoms with van der Waals surface area (Å²) in [5.74, 6) is 0.591. The summed E-state index contributed by atoms with van der Waals surface area (Å²) in [5, 5.41) is 6.43. The lowest BCUT2D eigenvalue weighted by atomic mass is 9.97. The number of anilines is 1. The van der Waals surface area contributed by atoms with Crippen LogP contribution in [0.1, 0.15) is 37.8 Å². The number of nitrogens with one attached hydrogen (secondary N) is 2. The minimum atomic E-state index is 0.0464. The summed E-state index contributed by atoms with van der Waals surface area (Å²) in [4.78, 5) is 17.1. The van der Waals surface area contributed by atoms with Gasteiger partial charge in [-0.05, 0) is 55.1 Å². The number of piperidine rings is 1. The van der Waals surface area contributed by atoms with Crippen molar-refractivity contribution < 1.29 is 4.79 Å². The number of urea groups is 1. The highest BCUT2D eigenvalue weighted by molar-refractivity contribution is 5.89. The average Bonchev–Trinajstić information content (AvgIpc) is 3.07. The van der Waals surface area contributed by atoms with Crippen LogP contribution in [0.2, 0.25) is 0 Å². The van der Waals surface area contributed by atoms with E-state index in [4.69, 9.17) is 0 Å². The Morgan fingerprint density at radius 2 is 2.08 bits per heavy atom. The molecule has 0 aliphatic carbocycles. The summed E-state index contributed by atoms with van der Waals surface area (Å²) in [6.45, 7) is 11.3. The first-order chi connectivity index (χ1) is 11.7. The van der Waals surface area contributed by atoms with Crippen LogP contribution in [-0.4, -0.2) is 48.6 Å². The molecule has 1 aromatic carbocycles. The molecule has 0 aromatic heterocycles. The van der Waals surface area contributed by atoms with E-state index in [1.807, 2.05) is 11.0 Å². The van der Waals surface area contributed by atoms with E-state index in [1.54, 1.807) is 0 Å². The van der Waals surface area contributed by atoms with Gasteiger partial charge in [0.15, 0.2) is 0 Å². The Morgan fingerprint density at radius 1 is 1.29 bits per heavy atom. The maximum Gasteiger partial charge on any atom is 0.321 e. The molecule has 0 spiro atoms. The number of amides is 2. The van der Waals surface area contributed by atoms with Crippen LogP contribution in [0.15, 0.2) is 18.2 Å². The third kappa shape index (κ3) is 4.08. The highest BCUT2D eigenvalue weighted by Gasteiger charge is 2.25. The van der Waals surface area contributed by atoms with E-state index in [0.29, 0.717) is 5.92 Å². The van der Waals surface area contributed by atoms with Gasteiger partial charge in [-0.15, -0.1) is 0 Å². The van der Waals surface area contributed by atoms with Crippen LogP contribution in [0.4, 0.5) is 10.5 Å². The highest BCUT2D eigenvalue weighted by atomic mass is 16.2. The normalized spacial score (nSPS) is 20.3. The fraction of sp³-hybridized carbons (Fsp3) is 0.632. The fourth-order valence-electron chi connectivity index (χ4n) is 3.82. The zero-order valence-corrected chi connectivity index (χ0v) is 15.0. The van der Waals surface area contributed by atoms with E-state index in [2.05, 4.69) is 41.5 Å². The number of fused-ring (bicyclic) bond motifs is 1. The maximum absolute atomic E-state index is 12.6. The van der Waals surface area contributed by atoms with Crippen LogP contribution in [-0.2, 0) is 13.1 Å². The number of likely N-dealkylation sites (tertiary alicyclic amines) is 1. The summed E-state index contributed by atoms with van der Waals surface area (Å²) in [5.41, 5.74) is 3.55. The lowest BCUT2D eigenvalue weighted by Gasteiger charge is -2.35. The summed E-state index contributed by atoms with van der Waals surface area (Å²) in [7, 11) is 0. The monoisotopic (exact) mass is 330 g/mol. The smallest absolute Gasteiger partial charge is 0.321 e. The molecular formula is C19H30N4O. The topological polar surface area (TPSA) is 47.6 Å². The number of carbonyl (C=O) groups is 1. The van der Waals surface area contributed by atoms with Crippen LogP contribution in [0.5, 0.6) is 0 Å². The summed E-state index contributed by atoms with van der Waals surface area (Å²) in [6, 6.07) is 6.28. The summed E-state index contributed by atoms with van der Waals surface area (Å²) < 4.78 is 0. The van der Waals surface area contributed by atoms with E-state index in [9.17, 15) is 4.79 Å². The van der Waals surface area contributed by atoms with Gasteiger partial charge in [-0.25, -0.2) is 4.79 Å². The Morgan fingerprint density at radius 3 is 2.88 bits per heavy atom. The van der Waals surface area contributed by atoms with E-state index < -0.39 is 0 Å². The Hall–Kier alpha value is -1.59. The highest BCUT2D eigenvalue weighted by Crippen LogP contribution is 2.22.